The van der Waals surface area contributed by atoms with E-state index in [0.29, 0.717) is 12.3 Å². The summed E-state index contributed by atoms with van der Waals surface area (Å²) in [5.41, 5.74) is 1.26. The summed E-state index contributed by atoms with van der Waals surface area (Å²) >= 11 is 3.44. The van der Waals surface area contributed by atoms with Gasteiger partial charge in [-0.1, -0.05) is 28.1 Å². The third-order valence-electron chi connectivity index (χ3n) is 2.57. The molecule has 0 spiro atoms. The Bertz CT molecular complexity index is 351. The van der Waals surface area contributed by atoms with Crippen molar-refractivity contribution >= 4 is 21.8 Å². The van der Waals surface area contributed by atoms with Crippen LogP contribution in [0.15, 0.2) is 28.7 Å². The average Bonchev–Trinajstić information content (AvgIpc) is 2.18. The van der Waals surface area contributed by atoms with Crippen LogP contribution in [-0.4, -0.2) is 12.5 Å². The highest BCUT2D eigenvalue weighted by Crippen LogP contribution is 2.27. The molecule has 1 saturated heterocycles. The molecule has 1 amide bonds. The summed E-state index contributed by atoms with van der Waals surface area (Å²) in [4.78, 5) is 11.2. The van der Waals surface area contributed by atoms with Crippen molar-refractivity contribution in [2.45, 2.75) is 18.8 Å². The lowest BCUT2D eigenvalue weighted by atomic mass is 9.90. The Morgan fingerprint density at radius 1 is 1.43 bits per heavy atom. The quantitative estimate of drug-likeness (QED) is 0.819. The van der Waals surface area contributed by atoms with E-state index in [1.807, 2.05) is 12.1 Å². The Labute approximate surface area is 91.8 Å². The zero-order valence-corrected chi connectivity index (χ0v) is 9.38. The minimum Gasteiger partial charge on any atom is -0.356 e. The van der Waals surface area contributed by atoms with E-state index in [9.17, 15) is 4.79 Å². The van der Waals surface area contributed by atoms with Crippen LogP contribution in [0.3, 0.4) is 0 Å². The Morgan fingerprint density at radius 3 is 3.00 bits per heavy atom. The Kier molecular flexibility index (Phi) is 2.87. The van der Waals surface area contributed by atoms with Crippen molar-refractivity contribution in [1.82, 2.24) is 5.32 Å². The normalized spacial score (nSPS) is 21.8. The number of hydrogen-bond donors (Lipinski definition) is 1. The van der Waals surface area contributed by atoms with Crippen molar-refractivity contribution in [2.24, 2.45) is 0 Å². The second-order valence-corrected chi connectivity index (χ2v) is 4.51. The number of amides is 1. The third kappa shape index (κ3) is 2.15. The van der Waals surface area contributed by atoms with Crippen molar-refractivity contribution in [3.05, 3.63) is 34.3 Å². The van der Waals surface area contributed by atoms with Gasteiger partial charge in [-0.3, -0.25) is 4.79 Å². The van der Waals surface area contributed by atoms with Crippen LogP contribution in [0, 0.1) is 0 Å². The number of piperidine rings is 1. The lowest BCUT2D eigenvalue weighted by Gasteiger charge is -2.22. The molecule has 1 aromatic carbocycles. The highest BCUT2D eigenvalue weighted by atomic mass is 79.9. The zero-order valence-electron chi connectivity index (χ0n) is 7.79. The lowest BCUT2D eigenvalue weighted by Crippen LogP contribution is -2.32. The number of halogens is 1. The summed E-state index contributed by atoms with van der Waals surface area (Å²) in [5, 5.41) is 2.85. The van der Waals surface area contributed by atoms with Crippen molar-refractivity contribution in [1.29, 1.82) is 0 Å². The summed E-state index contributed by atoms with van der Waals surface area (Å²) in [6, 6.07) is 8.22. The Balaban J connectivity index is 2.17. The van der Waals surface area contributed by atoms with Gasteiger partial charge in [-0.15, -0.1) is 0 Å². The van der Waals surface area contributed by atoms with E-state index in [0.717, 1.165) is 17.4 Å². The van der Waals surface area contributed by atoms with Gasteiger partial charge in [0.1, 0.15) is 0 Å². The second kappa shape index (κ2) is 4.13. The van der Waals surface area contributed by atoms with Gasteiger partial charge in [0.25, 0.3) is 0 Å². The highest BCUT2D eigenvalue weighted by molar-refractivity contribution is 9.10. The van der Waals surface area contributed by atoms with Crippen molar-refractivity contribution in [3.8, 4) is 0 Å². The van der Waals surface area contributed by atoms with E-state index in [2.05, 4.69) is 33.4 Å². The van der Waals surface area contributed by atoms with Crippen molar-refractivity contribution in [3.63, 3.8) is 0 Å². The molecule has 2 rings (SSSR count). The molecule has 3 heteroatoms. The molecule has 14 heavy (non-hydrogen) atoms. The van der Waals surface area contributed by atoms with E-state index >= 15 is 0 Å². The van der Waals surface area contributed by atoms with Gasteiger partial charge in [0.05, 0.1) is 0 Å². The molecule has 1 aliphatic rings. The predicted octanol–water partition coefficient (Wildman–Crippen LogP) is 2.44. The molecule has 1 N–H and O–H groups in total. The molecular weight excluding hydrogens is 242 g/mol. The molecule has 2 nitrogen and oxygen atoms in total. The van der Waals surface area contributed by atoms with Crippen LogP contribution in [0.4, 0.5) is 0 Å². The number of rotatable bonds is 1. The third-order valence-corrected chi connectivity index (χ3v) is 3.06. The summed E-state index contributed by atoms with van der Waals surface area (Å²) in [6.45, 7) is 0.802. The molecule has 0 bridgehead atoms. The SMILES string of the molecule is O=C1C[C@H](c2cccc(Br)c2)CCN1. The maximum Gasteiger partial charge on any atom is 0.220 e. The summed E-state index contributed by atoms with van der Waals surface area (Å²) in [6.07, 6.45) is 1.67. The molecule has 0 aromatic heterocycles. The van der Waals surface area contributed by atoms with E-state index in [1.165, 1.54) is 5.56 Å². The van der Waals surface area contributed by atoms with Crippen LogP contribution in [-0.2, 0) is 4.79 Å². The topological polar surface area (TPSA) is 29.1 Å². The molecule has 0 radical (unpaired) electrons. The number of hydrogen-bond acceptors (Lipinski definition) is 1. The van der Waals surface area contributed by atoms with E-state index in [4.69, 9.17) is 0 Å². The highest BCUT2D eigenvalue weighted by Gasteiger charge is 2.20. The zero-order chi connectivity index (χ0) is 9.97. The fourth-order valence-corrected chi connectivity index (χ4v) is 2.25. The molecule has 74 valence electrons. The monoisotopic (exact) mass is 253 g/mol. The van der Waals surface area contributed by atoms with Gasteiger partial charge >= 0.3 is 0 Å². The average molecular weight is 254 g/mol. The Morgan fingerprint density at radius 2 is 2.29 bits per heavy atom. The number of carbonyl (C=O) groups is 1. The van der Waals surface area contributed by atoms with Gasteiger partial charge in [-0.2, -0.15) is 0 Å². The van der Waals surface area contributed by atoms with Gasteiger partial charge in [0.15, 0.2) is 0 Å². The van der Waals surface area contributed by atoms with E-state index in [1.54, 1.807) is 0 Å². The molecule has 1 aromatic rings. The predicted molar refractivity (Wildman–Crippen MR) is 59.1 cm³/mol. The number of benzene rings is 1. The molecule has 0 saturated carbocycles. The van der Waals surface area contributed by atoms with Crippen LogP contribution in [0.1, 0.15) is 24.3 Å². The summed E-state index contributed by atoms with van der Waals surface area (Å²) in [7, 11) is 0. The van der Waals surface area contributed by atoms with Crippen LogP contribution >= 0.6 is 15.9 Å². The molecule has 1 fully saturated rings. The first kappa shape index (κ1) is 9.71. The minimum atomic E-state index is 0.168. The van der Waals surface area contributed by atoms with Gasteiger partial charge in [-0.05, 0) is 30.0 Å². The summed E-state index contributed by atoms with van der Waals surface area (Å²) < 4.78 is 1.08. The van der Waals surface area contributed by atoms with E-state index < -0.39 is 0 Å². The molecular formula is C11H12BrNO. The Hall–Kier alpha value is -0.830. The van der Waals surface area contributed by atoms with Crippen molar-refractivity contribution in [2.75, 3.05) is 6.54 Å². The van der Waals surface area contributed by atoms with Gasteiger partial charge in [-0.25, -0.2) is 0 Å². The molecule has 0 aliphatic carbocycles. The fraction of sp³-hybridized carbons (Fsp3) is 0.364. The first-order valence-corrected chi connectivity index (χ1v) is 5.57. The first-order chi connectivity index (χ1) is 6.75. The fourth-order valence-electron chi connectivity index (χ4n) is 1.83. The largest absolute Gasteiger partial charge is 0.356 e. The second-order valence-electron chi connectivity index (χ2n) is 3.59. The number of carbonyl (C=O) groups excluding carboxylic acids is 1. The first-order valence-electron chi connectivity index (χ1n) is 4.78. The maximum atomic E-state index is 11.2. The van der Waals surface area contributed by atoms with Gasteiger partial charge < -0.3 is 5.32 Å². The number of nitrogens with one attached hydrogen (secondary N) is 1. The van der Waals surface area contributed by atoms with Gasteiger partial charge in [0, 0.05) is 17.4 Å². The summed E-state index contributed by atoms with van der Waals surface area (Å²) in [5.74, 6) is 0.558. The van der Waals surface area contributed by atoms with Crippen LogP contribution in [0.2, 0.25) is 0 Å². The van der Waals surface area contributed by atoms with Crippen LogP contribution in [0.5, 0.6) is 0 Å². The lowest BCUT2D eigenvalue weighted by molar-refractivity contribution is -0.122. The molecule has 1 atom stereocenters. The van der Waals surface area contributed by atoms with E-state index in [-0.39, 0.29) is 5.91 Å². The molecule has 1 aliphatic heterocycles. The standard InChI is InChI=1S/C11H12BrNO/c12-10-3-1-2-8(6-10)9-4-5-13-11(14)7-9/h1-3,6,9H,4-5,7H2,(H,13,14)/t9-/m1/s1. The van der Waals surface area contributed by atoms with Crippen LogP contribution < -0.4 is 5.32 Å². The maximum absolute atomic E-state index is 11.2. The van der Waals surface area contributed by atoms with Crippen LogP contribution in [0.25, 0.3) is 0 Å². The molecule has 1 heterocycles. The minimum absolute atomic E-state index is 0.168. The van der Waals surface area contributed by atoms with Crippen molar-refractivity contribution < 1.29 is 4.79 Å². The smallest absolute Gasteiger partial charge is 0.220 e. The molecule has 0 unspecified atom stereocenters. The van der Waals surface area contributed by atoms with Gasteiger partial charge in [0.2, 0.25) is 5.91 Å².